The number of ether oxygens (including phenoxy) is 1. The third-order valence-electron chi connectivity index (χ3n) is 6.22. The third-order valence-corrected chi connectivity index (χ3v) is 6.22. The molecule has 0 unspecified atom stereocenters. The molecule has 1 fully saturated rings. The first-order valence-electron chi connectivity index (χ1n) is 11.1. The van der Waals surface area contributed by atoms with Gasteiger partial charge in [-0.2, -0.15) is 0 Å². The van der Waals surface area contributed by atoms with E-state index < -0.39 is 12.1 Å². The van der Waals surface area contributed by atoms with E-state index in [2.05, 4.69) is 18.2 Å². The zero-order valence-corrected chi connectivity index (χ0v) is 18.2. The number of fused-ring (bicyclic) bond motifs is 1. The van der Waals surface area contributed by atoms with Crippen molar-refractivity contribution in [2.45, 2.75) is 25.0 Å². The molecule has 0 radical (unpaired) electrons. The van der Waals surface area contributed by atoms with Crippen molar-refractivity contribution in [3.05, 3.63) is 108 Å². The van der Waals surface area contributed by atoms with Crippen LogP contribution >= 0.6 is 0 Å². The Labute approximate surface area is 192 Å². The van der Waals surface area contributed by atoms with E-state index in [-0.39, 0.29) is 11.7 Å². The number of halogens is 1. The Balaban J connectivity index is 1.69. The fourth-order valence-corrected chi connectivity index (χ4v) is 4.63. The third kappa shape index (κ3) is 4.27. The molecule has 0 aromatic heterocycles. The molecule has 33 heavy (non-hydrogen) atoms. The van der Waals surface area contributed by atoms with Crippen molar-refractivity contribution < 1.29 is 13.9 Å². The second kappa shape index (κ2) is 8.94. The van der Waals surface area contributed by atoms with E-state index in [1.807, 2.05) is 41.3 Å². The van der Waals surface area contributed by atoms with Crippen LogP contribution in [-0.4, -0.2) is 17.4 Å². The lowest BCUT2D eigenvalue weighted by Gasteiger charge is -2.36. The summed E-state index contributed by atoms with van der Waals surface area (Å²) in [5.74, 6) is 0.419. The topological polar surface area (TPSA) is 55.6 Å². The minimum atomic E-state index is -0.507. The standard InChI is InChI=1S/C28H25FN2O2/c29-21-12-10-20(11-13-21)27(31-18-4-9-26(31)32)28(33-23-16-14-22(30)15-17-23)25-8-3-6-19-5-1-2-7-24(19)25/h1-3,5-8,10-17,27-28H,4,9,18,30H2/t27-,28-/m0/s1. The lowest BCUT2D eigenvalue weighted by Crippen LogP contribution is -2.36. The second-order valence-electron chi connectivity index (χ2n) is 8.36. The number of nitrogen functional groups attached to an aromatic ring is 1. The molecule has 1 aliphatic rings. The van der Waals surface area contributed by atoms with Gasteiger partial charge in [-0.3, -0.25) is 4.79 Å². The van der Waals surface area contributed by atoms with Crippen LogP contribution in [0.25, 0.3) is 10.8 Å². The number of rotatable bonds is 6. The van der Waals surface area contributed by atoms with Gasteiger partial charge in [0.05, 0.1) is 6.04 Å². The van der Waals surface area contributed by atoms with Crippen LogP contribution in [0, 0.1) is 5.82 Å². The molecule has 0 saturated carbocycles. The predicted molar refractivity (Wildman–Crippen MR) is 128 cm³/mol. The molecule has 166 valence electrons. The van der Waals surface area contributed by atoms with E-state index in [1.54, 1.807) is 24.3 Å². The first-order valence-corrected chi connectivity index (χ1v) is 11.1. The molecule has 0 aliphatic carbocycles. The maximum atomic E-state index is 13.8. The molecular weight excluding hydrogens is 415 g/mol. The number of carbonyl (C=O) groups excluding carboxylic acids is 1. The van der Waals surface area contributed by atoms with Crippen molar-refractivity contribution in [3.8, 4) is 5.75 Å². The van der Waals surface area contributed by atoms with Crippen molar-refractivity contribution in [2.24, 2.45) is 0 Å². The number of hydrogen-bond donors (Lipinski definition) is 1. The minimum absolute atomic E-state index is 0.0791. The first kappa shape index (κ1) is 21.0. The highest BCUT2D eigenvalue weighted by atomic mass is 19.1. The summed E-state index contributed by atoms with van der Waals surface area (Å²) in [6.07, 6.45) is 0.787. The van der Waals surface area contributed by atoms with Crippen molar-refractivity contribution in [1.82, 2.24) is 4.90 Å². The van der Waals surface area contributed by atoms with Crippen molar-refractivity contribution in [3.63, 3.8) is 0 Å². The van der Waals surface area contributed by atoms with Crippen LogP contribution in [0.5, 0.6) is 5.75 Å². The van der Waals surface area contributed by atoms with E-state index in [1.165, 1.54) is 12.1 Å². The summed E-state index contributed by atoms with van der Waals surface area (Å²) in [4.78, 5) is 14.8. The largest absolute Gasteiger partial charge is 0.483 e. The van der Waals surface area contributed by atoms with E-state index >= 15 is 0 Å². The maximum absolute atomic E-state index is 13.8. The molecule has 4 aromatic rings. The summed E-state index contributed by atoms with van der Waals surface area (Å²) in [7, 11) is 0. The summed E-state index contributed by atoms with van der Waals surface area (Å²) in [5.41, 5.74) is 8.33. The molecule has 4 aromatic carbocycles. The Morgan fingerprint density at radius 1 is 0.879 bits per heavy atom. The number of nitrogens with zero attached hydrogens (tertiary/aromatic N) is 1. The number of hydrogen-bond acceptors (Lipinski definition) is 3. The molecule has 1 aliphatic heterocycles. The number of carbonyl (C=O) groups is 1. The smallest absolute Gasteiger partial charge is 0.223 e. The lowest BCUT2D eigenvalue weighted by atomic mass is 9.91. The quantitative estimate of drug-likeness (QED) is 0.372. The van der Waals surface area contributed by atoms with Gasteiger partial charge in [-0.05, 0) is 59.2 Å². The van der Waals surface area contributed by atoms with Gasteiger partial charge in [0.2, 0.25) is 5.91 Å². The van der Waals surface area contributed by atoms with Crippen LogP contribution in [0.2, 0.25) is 0 Å². The van der Waals surface area contributed by atoms with Gasteiger partial charge < -0.3 is 15.4 Å². The van der Waals surface area contributed by atoms with Crippen LogP contribution in [-0.2, 0) is 4.79 Å². The molecule has 0 spiro atoms. The molecule has 0 bridgehead atoms. The molecule has 5 heteroatoms. The van der Waals surface area contributed by atoms with Crippen LogP contribution in [0.4, 0.5) is 10.1 Å². The Hall–Kier alpha value is -3.86. The Bertz CT molecular complexity index is 1270. The van der Waals surface area contributed by atoms with Crippen LogP contribution in [0.15, 0.2) is 91.0 Å². The van der Waals surface area contributed by atoms with Crippen molar-refractivity contribution in [1.29, 1.82) is 0 Å². The number of likely N-dealkylation sites (tertiary alicyclic amines) is 1. The fourth-order valence-electron chi connectivity index (χ4n) is 4.63. The van der Waals surface area contributed by atoms with Crippen molar-refractivity contribution >= 4 is 22.4 Å². The Morgan fingerprint density at radius 3 is 2.33 bits per heavy atom. The molecule has 2 atom stereocenters. The summed E-state index contributed by atoms with van der Waals surface area (Å²) in [6, 6.07) is 27.5. The molecule has 1 saturated heterocycles. The summed E-state index contributed by atoms with van der Waals surface area (Å²) < 4.78 is 20.4. The highest BCUT2D eigenvalue weighted by molar-refractivity contribution is 5.86. The Morgan fingerprint density at radius 2 is 1.61 bits per heavy atom. The van der Waals surface area contributed by atoms with Gasteiger partial charge in [-0.15, -0.1) is 0 Å². The van der Waals surface area contributed by atoms with Gasteiger partial charge >= 0.3 is 0 Å². The average Bonchev–Trinajstić information content (AvgIpc) is 3.26. The number of nitrogens with two attached hydrogens (primary N) is 1. The zero-order valence-electron chi connectivity index (χ0n) is 18.2. The monoisotopic (exact) mass is 440 g/mol. The van der Waals surface area contributed by atoms with Crippen LogP contribution < -0.4 is 10.5 Å². The fraction of sp³-hybridized carbons (Fsp3) is 0.179. The molecule has 2 N–H and O–H groups in total. The molecule has 4 nitrogen and oxygen atoms in total. The minimum Gasteiger partial charge on any atom is -0.483 e. The Kier molecular flexibility index (Phi) is 5.69. The predicted octanol–water partition coefficient (Wildman–Crippen LogP) is 6.04. The molecule has 1 amide bonds. The van der Waals surface area contributed by atoms with Gasteiger partial charge in [-0.1, -0.05) is 54.6 Å². The van der Waals surface area contributed by atoms with Crippen LogP contribution in [0.3, 0.4) is 0 Å². The van der Waals surface area contributed by atoms with Gasteiger partial charge in [0.25, 0.3) is 0 Å². The molecule has 5 rings (SSSR count). The van der Waals surface area contributed by atoms with E-state index in [0.717, 1.165) is 28.3 Å². The summed E-state index contributed by atoms with van der Waals surface area (Å²) >= 11 is 0. The van der Waals surface area contributed by atoms with Gasteiger partial charge in [0.1, 0.15) is 17.7 Å². The first-order chi connectivity index (χ1) is 16.1. The average molecular weight is 441 g/mol. The SMILES string of the molecule is Nc1ccc(O[C@@H](c2cccc3ccccc23)[C@H](c2ccc(F)cc2)N2CCCC2=O)cc1. The normalized spacial score (nSPS) is 15.5. The molecular formula is C28H25FN2O2. The summed E-state index contributed by atoms with van der Waals surface area (Å²) in [5, 5.41) is 2.14. The number of anilines is 1. The summed E-state index contributed by atoms with van der Waals surface area (Å²) in [6.45, 7) is 0.632. The van der Waals surface area contributed by atoms with Crippen molar-refractivity contribution in [2.75, 3.05) is 12.3 Å². The van der Waals surface area contributed by atoms with E-state index in [4.69, 9.17) is 10.5 Å². The number of benzene rings is 4. The molecule has 1 heterocycles. The van der Waals surface area contributed by atoms with E-state index in [0.29, 0.717) is 24.4 Å². The van der Waals surface area contributed by atoms with Gasteiger partial charge in [-0.25, -0.2) is 4.39 Å². The second-order valence-corrected chi connectivity index (χ2v) is 8.36. The van der Waals surface area contributed by atoms with E-state index in [9.17, 15) is 9.18 Å². The highest BCUT2D eigenvalue weighted by Gasteiger charge is 2.37. The lowest BCUT2D eigenvalue weighted by molar-refractivity contribution is -0.131. The van der Waals surface area contributed by atoms with Crippen LogP contribution in [0.1, 0.15) is 36.1 Å². The van der Waals surface area contributed by atoms with Gasteiger partial charge in [0.15, 0.2) is 0 Å². The maximum Gasteiger partial charge on any atom is 0.223 e. The van der Waals surface area contributed by atoms with Gasteiger partial charge in [0, 0.05) is 24.2 Å². The number of amides is 1. The highest BCUT2D eigenvalue weighted by Crippen LogP contribution is 2.42. The zero-order chi connectivity index (χ0) is 22.8.